The number of sulfonamides is 1. The van der Waals surface area contributed by atoms with Crippen molar-refractivity contribution in [3.8, 4) is 0 Å². The minimum atomic E-state index is -3.30. The molecule has 96 valence electrons. The maximum atomic E-state index is 11.8. The van der Waals surface area contributed by atoms with E-state index in [4.69, 9.17) is 0 Å². The third kappa shape index (κ3) is 5.33. The molecule has 0 bridgehead atoms. The predicted octanol–water partition coefficient (Wildman–Crippen LogP) is 2.94. The third-order valence-electron chi connectivity index (χ3n) is 2.63. The first-order valence-corrected chi connectivity index (χ1v) is 7.70. The average molecular weight is 255 g/mol. The fraction of sp³-hybridized carbons (Fsp3) is 0.538. The van der Waals surface area contributed by atoms with Crippen molar-refractivity contribution in [1.82, 2.24) is 4.72 Å². The average Bonchev–Trinajstić information content (AvgIpc) is 2.35. The van der Waals surface area contributed by atoms with E-state index in [0.717, 1.165) is 12.8 Å². The molecule has 4 heteroatoms. The summed E-state index contributed by atoms with van der Waals surface area (Å²) >= 11 is 0. The van der Waals surface area contributed by atoms with E-state index in [1.165, 1.54) is 19.3 Å². The summed E-state index contributed by atoms with van der Waals surface area (Å²) in [6.07, 6.45) is 5.61. The Morgan fingerprint density at radius 2 is 1.65 bits per heavy atom. The molecule has 0 aliphatic heterocycles. The van der Waals surface area contributed by atoms with E-state index in [9.17, 15) is 8.42 Å². The predicted molar refractivity (Wildman–Crippen MR) is 70.4 cm³/mol. The van der Waals surface area contributed by atoms with Gasteiger partial charge in [-0.3, -0.25) is 0 Å². The zero-order valence-electron chi connectivity index (χ0n) is 10.4. The minimum Gasteiger partial charge on any atom is -0.211 e. The number of hydrogen-bond acceptors (Lipinski definition) is 2. The molecule has 0 saturated carbocycles. The van der Waals surface area contributed by atoms with Crippen LogP contribution in [-0.2, 0) is 10.0 Å². The van der Waals surface area contributed by atoms with Gasteiger partial charge in [0.2, 0.25) is 10.0 Å². The van der Waals surface area contributed by atoms with E-state index < -0.39 is 10.0 Å². The highest BCUT2D eigenvalue weighted by atomic mass is 32.2. The number of unbranched alkanes of at least 4 members (excludes halogenated alkanes) is 4. The van der Waals surface area contributed by atoms with Crippen LogP contribution in [-0.4, -0.2) is 15.0 Å². The van der Waals surface area contributed by atoms with Crippen LogP contribution < -0.4 is 4.72 Å². The Labute approximate surface area is 104 Å². The van der Waals surface area contributed by atoms with Crippen LogP contribution in [0.15, 0.2) is 35.2 Å². The van der Waals surface area contributed by atoms with Crippen LogP contribution in [0.4, 0.5) is 0 Å². The van der Waals surface area contributed by atoms with Crippen LogP contribution in [0.5, 0.6) is 0 Å². The van der Waals surface area contributed by atoms with Gasteiger partial charge in [-0.1, -0.05) is 50.8 Å². The number of benzene rings is 1. The van der Waals surface area contributed by atoms with E-state index in [0.29, 0.717) is 11.4 Å². The zero-order valence-corrected chi connectivity index (χ0v) is 11.2. The van der Waals surface area contributed by atoms with Crippen LogP contribution in [0.25, 0.3) is 0 Å². The van der Waals surface area contributed by atoms with Gasteiger partial charge in [0.15, 0.2) is 0 Å². The summed E-state index contributed by atoms with van der Waals surface area (Å²) in [5, 5.41) is 0. The van der Waals surface area contributed by atoms with E-state index in [1.807, 2.05) is 6.07 Å². The lowest BCUT2D eigenvalue weighted by molar-refractivity contribution is 0.571. The molecule has 0 saturated heterocycles. The molecular weight excluding hydrogens is 234 g/mol. The van der Waals surface area contributed by atoms with Gasteiger partial charge in [-0.05, 0) is 18.6 Å². The molecule has 3 nitrogen and oxygen atoms in total. The topological polar surface area (TPSA) is 46.2 Å². The first-order valence-electron chi connectivity index (χ1n) is 6.21. The molecule has 0 radical (unpaired) electrons. The molecule has 0 heterocycles. The summed E-state index contributed by atoms with van der Waals surface area (Å²) in [6.45, 7) is 2.69. The second-order valence-electron chi connectivity index (χ2n) is 4.13. The quantitative estimate of drug-likeness (QED) is 0.726. The van der Waals surface area contributed by atoms with Gasteiger partial charge in [-0.15, -0.1) is 0 Å². The summed E-state index contributed by atoms with van der Waals surface area (Å²) in [5.41, 5.74) is 0. The Balaban J connectivity index is 2.31. The molecule has 0 amide bonds. The molecule has 0 aliphatic rings. The van der Waals surface area contributed by atoms with E-state index in [-0.39, 0.29) is 0 Å². The van der Waals surface area contributed by atoms with Gasteiger partial charge in [-0.25, -0.2) is 13.1 Å². The lowest BCUT2D eigenvalue weighted by Crippen LogP contribution is -2.24. The highest BCUT2D eigenvalue weighted by molar-refractivity contribution is 7.89. The van der Waals surface area contributed by atoms with Gasteiger partial charge in [0.05, 0.1) is 4.90 Å². The van der Waals surface area contributed by atoms with Crippen molar-refractivity contribution in [1.29, 1.82) is 0 Å². The normalized spacial score (nSPS) is 11.6. The van der Waals surface area contributed by atoms with Crippen molar-refractivity contribution >= 4 is 10.0 Å². The van der Waals surface area contributed by atoms with E-state index in [1.54, 1.807) is 24.3 Å². The Bertz CT molecular complexity index is 401. The molecule has 1 rings (SSSR count). The summed E-state index contributed by atoms with van der Waals surface area (Å²) in [5.74, 6) is 0. The highest BCUT2D eigenvalue weighted by Gasteiger charge is 2.11. The SMILES string of the molecule is CCCCCCCNS(=O)(=O)c1ccccc1. The zero-order chi connectivity index (χ0) is 12.6. The van der Waals surface area contributed by atoms with Crippen LogP contribution in [0.3, 0.4) is 0 Å². The van der Waals surface area contributed by atoms with Gasteiger partial charge in [0.25, 0.3) is 0 Å². The van der Waals surface area contributed by atoms with Gasteiger partial charge < -0.3 is 0 Å². The van der Waals surface area contributed by atoms with Crippen molar-refractivity contribution < 1.29 is 8.42 Å². The van der Waals surface area contributed by atoms with Crippen molar-refractivity contribution in [3.63, 3.8) is 0 Å². The first-order chi connectivity index (χ1) is 8.17. The second kappa shape index (κ2) is 7.45. The second-order valence-corrected chi connectivity index (χ2v) is 5.89. The number of nitrogens with one attached hydrogen (secondary N) is 1. The molecule has 0 aliphatic carbocycles. The van der Waals surface area contributed by atoms with Gasteiger partial charge in [-0.2, -0.15) is 0 Å². The van der Waals surface area contributed by atoms with Crippen LogP contribution in [0.2, 0.25) is 0 Å². The standard InChI is InChI=1S/C13H21NO2S/c1-2-3-4-5-9-12-14-17(15,16)13-10-7-6-8-11-13/h6-8,10-11,14H,2-5,9,12H2,1H3. The molecule has 1 aromatic rings. The van der Waals surface area contributed by atoms with Crippen LogP contribution in [0.1, 0.15) is 39.0 Å². The van der Waals surface area contributed by atoms with Gasteiger partial charge in [0.1, 0.15) is 0 Å². The Hall–Kier alpha value is -0.870. The summed E-state index contributed by atoms with van der Waals surface area (Å²) in [4.78, 5) is 0.341. The fourth-order valence-electron chi connectivity index (χ4n) is 1.62. The molecule has 0 spiro atoms. The first kappa shape index (κ1) is 14.2. The van der Waals surface area contributed by atoms with Crippen LogP contribution in [0, 0.1) is 0 Å². The molecule has 1 aromatic carbocycles. The number of rotatable bonds is 8. The van der Waals surface area contributed by atoms with Crippen molar-refractivity contribution in [3.05, 3.63) is 30.3 Å². The summed E-state index contributed by atoms with van der Waals surface area (Å²) < 4.78 is 26.2. The lowest BCUT2D eigenvalue weighted by Gasteiger charge is -2.06. The van der Waals surface area contributed by atoms with E-state index >= 15 is 0 Å². The van der Waals surface area contributed by atoms with Gasteiger partial charge in [0, 0.05) is 6.54 Å². The van der Waals surface area contributed by atoms with Gasteiger partial charge >= 0.3 is 0 Å². The third-order valence-corrected chi connectivity index (χ3v) is 4.10. The largest absolute Gasteiger partial charge is 0.240 e. The summed E-state index contributed by atoms with van der Waals surface area (Å²) in [6, 6.07) is 8.49. The highest BCUT2D eigenvalue weighted by Crippen LogP contribution is 2.07. The minimum absolute atomic E-state index is 0.341. The molecule has 0 aromatic heterocycles. The fourth-order valence-corrected chi connectivity index (χ4v) is 2.71. The molecular formula is C13H21NO2S. The van der Waals surface area contributed by atoms with Crippen molar-refractivity contribution in [2.24, 2.45) is 0 Å². The molecule has 1 N–H and O–H groups in total. The van der Waals surface area contributed by atoms with Crippen molar-refractivity contribution in [2.45, 2.75) is 43.9 Å². The monoisotopic (exact) mass is 255 g/mol. The van der Waals surface area contributed by atoms with E-state index in [2.05, 4.69) is 11.6 Å². The number of hydrogen-bond donors (Lipinski definition) is 1. The molecule has 0 unspecified atom stereocenters. The maximum absolute atomic E-state index is 11.8. The Kier molecular flexibility index (Phi) is 6.22. The molecule has 0 fully saturated rings. The van der Waals surface area contributed by atoms with Crippen molar-refractivity contribution in [2.75, 3.05) is 6.54 Å². The Morgan fingerprint density at radius 1 is 1.00 bits per heavy atom. The lowest BCUT2D eigenvalue weighted by atomic mass is 10.2. The van der Waals surface area contributed by atoms with Crippen LogP contribution >= 0.6 is 0 Å². The molecule has 17 heavy (non-hydrogen) atoms. The summed E-state index contributed by atoms with van der Waals surface area (Å²) in [7, 11) is -3.30. The smallest absolute Gasteiger partial charge is 0.211 e. The molecule has 0 atom stereocenters. The maximum Gasteiger partial charge on any atom is 0.240 e. The Morgan fingerprint density at radius 3 is 2.29 bits per heavy atom.